The molecular formula is C6H3F8. The van der Waals surface area contributed by atoms with Crippen LogP contribution in [0.1, 0.15) is 0 Å². The fourth-order valence-electron chi connectivity index (χ4n) is 0.456. The summed E-state index contributed by atoms with van der Waals surface area (Å²) in [5.74, 6) is -15.3. The van der Waals surface area contributed by atoms with Gasteiger partial charge in [-0.15, -0.1) is 0 Å². The van der Waals surface area contributed by atoms with Gasteiger partial charge in [-0.2, -0.15) is 30.7 Å². The average Bonchev–Trinajstić information content (AvgIpc) is 2.00. The van der Waals surface area contributed by atoms with E-state index in [1.165, 1.54) is 0 Å². The van der Waals surface area contributed by atoms with E-state index in [2.05, 4.69) is 6.92 Å². The highest BCUT2D eigenvalue weighted by Gasteiger charge is 2.74. The monoisotopic (exact) mass is 227 g/mol. The Bertz CT molecular complexity index is 235. The largest absolute Gasteiger partial charge is 0.460 e. The molecule has 0 spiro atoms. The van der Waals surface area contributed by atoms with Crippen molar-refractivity contribution < 1.29 is 35.1 Å². The molecule has 0 aromatic rings. The molecule has 0 aliphatic heterocycles. The van der Waals surface area contributed by atoms with E-state index in [9.17, 15) is 35.1 Å². The van der Waals surface area contributed by atoms with Crippen molar-refractivity contribution in [3.8, 4) is 0 Å². The Morgan fingerprint density at radius 1 is 0.929 bits per heavy atom. The molecule has 0 saturated heterocycles. The molecule has 0 nitrogen and oxygen atoms in total. The summed E-state index contributed by atoms with van der Waals surface area (Å²) in [4.78, 5) is 0. The Morgan fingerprint density at radius 3 is 1.50 bits per heavy atom. The second kappa shape index (κ2) is 3.39. The van der Waals surface area contributed by atoms with Crippen LogP contribution in [-0.4, -0.2) is 18.0 Å². The molecule has 0 rings (SSSR count). The molecule has 14 heavy (non-hydrogen) atoms. The number of allylic oxidation sites excluding steroid dienone is 2. The van der Waals surface area contributed by atoms with E-state index >= 15 is 0 Å². The summed E-state index contributed by atoms with van der Waals surface area (Å²) in [5.41, 5.74) is 0. The van der Waals surface area contributed by atoms with Gasteiger partial charge in [0.2, 0.25) is 0 Å². The molecule has 0 aliphatic carbocycles. The van der Waals surface area contributed by atoms with E-state index in [0.29, 0.717) is 0 Å². The lowest BCUT2D eigenvalue weighted by atomic mass is 10.1. The third kappa shape index (κ3) is 1.83. The highest BCUT2D eigenvalue weighted by Crippen LogP contribution is 2.49. The van der Waals surface area contributed by atoms with Gasteiger partial charge in [0.15, 0.2) is 5.83 Å². The van der Waals surface area contributed by atoms with Crippen LogP contribution in [0.2, 0.25) is 0 Å². The van der Waals surface area contributed by atoms with Crippen molar-refractivity contribution in [3.05, 3.63) is 18.8 Å². The summed E-state index contributed by atoms with van der Waals surface area (Å²) in [7, 11) is 0. The second-order valence-corrected chi connectivity index (χ2v) is 2.20. The summed E-state index contributed by atoms with van der Waals surface area (Å²) in [6.07, 6.45) is -6.93. The quantitative estimate of drug-likeness (QED) is 0.633. The van der Waals surface area contributed by atoms with E-state index in [-0.39, 0.29) is 0 Å². The summed E-state index contributed by atoms with van der Waals surface area (Å²) in [6.45, 7) is 2.33. The zero-order chi connectivity index (χ0) is 11.8. The molecule has 8 heteroatoms. The van der Waals surface area contributed by atoms with Crippen molar-refractivity contribution in [2.75, 3.05) is 0 Å². The molecule has 0 fully saturated rings. The standard InChI is InChI=1S/C6H3F8/c1-2-3(7)4(8,9)5(10,11)6(12,13)14/h2H,1H2. The Labute approximate surface area is 73.2 Å². The second-order valence-electron chi connectivity index (χ2n) is 2.20. The van der Waals surface area contributed by atoms with Crippen LogP contribution in [0.5, 0.6) is 0 Å². The predicted octanol–water partition coefficient (Wildman–Crippen LogP) is 3.51. The highest BCUT2D eigenvalue weighted by atomic mass is 19.4. The minimum absolute atomic E-state index is 0.403. The number of halogens is 8. The molecule has 83 valence electrons. The zero-order valence-electron chi connectivity index (χ0n) is 6.31. The van der Waals surface area contributed by atoms with Crippen LogP contribution >= 0.6 is 0 Å². The van der Waals surface area contributed by atoms with Crippen LogP contribution in [0.25, 0.3) is 0 Å². The van der Waals surface area contributed by atoms with Crippen LogP contribution in [0.3, 0.4) is 0 Å². The molecule has 0 aromatic carbocycles. The van der Waals surface area contributed by atoms with Crippen LogP contribution in [0.4, 0.5) is 35.1 Å². The lowest BCUT2D eigenvalue weighted by Crippen LogP contribution is -2.52. The average molecular weight is 227 g/mol. The van der Waals surface area contributed by atoms with Gasteiger partial charge >= 0.3 is 18.0 Å². The van der Waals surface area contributed by atoms with Gasteiger partial charge in [0.05, 0.1) is 0 Å². The van der Waals surface area contributed by atoms with Gasteiger partial charge < -0.3 is 0 Å². The summed E-state index contributed by atoms with van der Waals surface area (Å²) in [6, 6.07) is 0. The molecule has 0 bridgehead atoms. The zero-order valence-corrected chi connectivity index (χ0v) is 6.31. The minimum atomic E-state index is -6.53. The SMILES string of the molecule is [CH2]C=C(F)C(F)(F)C(F)(F)C(F)(F)F. The predicted molar refractivity (Wildman–Crippen MR) is 30.5 cm³/mol. The Morgan fingerprint density at radius 2 is 1.29 bits per heavy atom. The first-order valence-electron chi connectivity index (χ1n) is 2.96. The molecule has 0 saturated carbocycles. The molecule has 0 aromatic heterocycles. The molecule has 0 unspecified atom stereocenters. The third-order valence-corrected chi connectivity index (χ3v) is 1.23. The van der Waals surface area contributed by atoms with Crippen molar-refractivity contribution >= 4 is 0 Å². The molecule has 0 aliphatic rings. The van der Waals surface area contributed by atoms with E-state index < -0.39 is 29.9 Å². The lowest BCUT2D eigenvalue weighted by molar-refractivity contribution is -0.347. The first kappa shape index (κ1) is 13.2. The maximum absolute atomic E-state index is 12.1. The maximum Gasteiger partial charge on any atom is 0.460 e. The van der Waals surface area contributed by atoms with Crippen molar-refractivity contribution in [3.63, 3.8) is 0 Å². The summed E-state index contributed by atoms with van der Waals surface area (Å²) >= 11 is 0. The van der Waals surface area contributed by atoms with Crippen LogP contribution in [0.15, 0.2) is 11.9 Å². The fourth-order valence-corrected chi connectivity index (χ4v) is 0.456. The van der Waals surface area contributed by atoms with Gasteiger partial charge in [-0.1, -0.05) is 0 Å². The van der Waals surface area contributed by atoms with Gasteiger partial charge in [-0.25, -0.2) is 4.39 Å². The maximum atomic E-state index is 12.1. The van der Waals surface area contributed by atoms with Crippen LogP contribution < -0.4 is 0 Å². The van der Waals surface area contributed by atoms with Gasteiger partial charge in [-0.3, -0.25) is 0 Å². The number of hydrogen-bond donors (Lipinski definition) is 0. The van der Waals surface area contributed by atoms with Gasteiger partial charge in [0, 0.05) is 0 Å². The van der Waals surface area contributed by atoms with Gasteiger partial charge in [0.1, 0.15) is 0 Å². The van der Waals surface area contributed by atoms with E-state index in [1.54, 1.807) is 0 Å². The Kier molecular flexibility index (Phi) is 3.19. The minimum Gasteiger partial charge on any atom is -0.205 e. The van der Waals surface area contributed by atoms with Crippen molar-refractivity contribution in [1.29, 1.82) is 0 Å². The molecule has 0 amide bonds. The van der Waals surface area contributed by atoms with Crippen molar-refractivity contribution in [2.24, 2.45) is 0 Å². The van der Waals surface area contributed by atoms with Gasteiger partial charge in [0.25, 0.3) is 0 Å². The first-order valence-corrected chi connectivity index (χ1v) is 2.96. The van der Waals surface area contributed by atoms with Crippen LogP contribution in [-0.2, 0) is 0 Å². The van der Waals surface area contributed by atoms with E-state index in [1.807, 2.05) is 0 Å². The lowest BCUT2D eigenvalue weighted by Gasteiger charge is -2.26. The van der Waals surface area contributed by atoms with Crippen molar-refractivity contribution in [2.45, 2.75) is 18.0 Å². The number of hydrogen-bond acceptors (Lipinski definition) is 0. The van der Waals surface area contributed by atoms with E-state index in [0.717, 1.165) is 0 Å². The summed E-state index contributed by atoms with van der Waals surface area (Å²) in [5, 5.41) is 0. The van der Waals surface area contributed by atoms with Crippen LogP contribution in [0, 0.1) is 6.92 Å². The first-order chi connectivity index (χ1) is 5.98. The molecule has 0 heterocycles. The van der Waals surface area contributed by atoms with Crippen molar-refractivity contribution in [1.82, 2.24) is 0 Å². The fraction of sp³-hybridized carbons (Fsp3) is 0.500. The van der Waals surface area contributed by atoms with E-state index in [4.69, 9.17) is 0 Å². The Hall–Kier alpha value is -0.820. The smallest absolute Gasteiger partial charge is 0.205 e. The summed E-state index contributed by atoms with van der Waals surface area (Å²) < 4.78 is 94.3. The Balaban J connectivity index is 5.29. The molecule has 0 atom stereocenters. The normalized spacial score (nSPS) is 15.9. The third-order valence-electron chi connectivity index (χ3n) is 1.23. The van der Waals surface area contributed by atoms with Gasteiger partial charge in [-0.05, 0) is 13.0 Å². The number of alkyl halides is 7. The highest BCUT2D eigenvalue weighted by molar-refractivity contribution is 5.13. The number of rotatable bonds is 2. The molecule has 1 radical (unpaired) electrons. The topological polar surface area (TPSA) is 0 Å². The molecular weight excluding hydrogens is 224 g/mol. The molecule has 0 N–H and O–H groups in total.